The predicted octanol–water partition coefficient (Wildman–Crippen LogP) is 7.31. The molecule has 0 saturated heterocycles. The van der Waals surface area contributed by atoms with Gasteiger partial charge in [0.05, 0.1) is 34.3 Å². The van der Waals surface area contributed by atoms with Crippen LogP contribution in [0, 0.1) is 0 Å². The Bertz CT molecular complexity index is 976. The van der Waals surface area contributed by atoms with Gasteiger partial charge in [-0.25, -0.2) is 0 Å². The van der Waals surface area contributed by atoms with E-state index < -0.39 is 0 Å². The Balaban J connectivity index is 2.10. The van der Waals surface area contributed by atoms with E-state index in [0.29, 0.717) is 5.75 Å². The zero-order chi connectivity index (χ0) is 22.0. The molecule has 0 aliphatic carbocycles. The van der Waals surface area contributed by atoms with Crippen molar-refractivity contribution in [2.75, 3.05) is 14.2 Å². The minimum atomic E-state index is -0.115. The molecule has 0 radical (unpaired) electrons. The molecule has 0 aliphatic rings. The van der Waals surface area contributed by atoms with E-state index in [2.05, 4.69) is 0 Å². The van der Waals surface area contributed by atoms with Crippen LogP contribution in [0.3, 0.4) is 0 Å². The van der Waals surface area contributed by atoms with Crippen LogP contribution >= 0.6 is 46.4 Å². The summed E-state index contributed by atoms with van der Waals surface area (Å²) >= 11 is 24.6. The maximum atomic E-state index is 9.62. The van der Waals surface area contributed by atoms with Crippen LogP contribution in [-0.4, -0.2) is 24.4 Å². The molecule has 0 spiro atoms. The average molecular weight is 492 g/mol. The molecule has 0 aromatic heterocycles. The molecule has 0 fully saturated rings. The highest BCUT2D eigenvalue weighted by Crippen LogP contribution is 2.49. The van der Waals surface area contributed by atoms with Gasteiger partial charge in [0, 0.05) is 36.4 Å². The van der Waals surface area contributed by atoms with Crippen molar-refractivity contribution in [1.82, 2.24) is 0 Å². The van der Waals surface area contributed by atoms with Crippen molar-refractivity contribution in [2.45, 2.75) is 0 Å². The quantitative estimate of drug-likeness (QED) is 0.376. The van der Waals surface area contributed by atoms with Gasteiger partial charge in [-0.1, -0.05) is 46.4 Å². The largest absolute Gasteiger partial charge is 0.508 e. The van der Waals surface area contributed by atoms with Crippen LogP contribution in [0.2, 0.25) is 20.1 Å². The molecular weight excluding hydrogens is 478 g/mol. The summed E-state index contributed by atoms with van der Waals surface area (Å²) in [6.07, 6.45) is 0. The van der Waals surface area contributed by atoms with E-state index in [1.165, 1.54) is 50.6 Å². The van der Waals surface area contributed by atoms with Gasteiger partial charge in [-0.15, -0.1) is 0 Å². The maximum Gasteiger partial charge on any atom is 0.204 e. The summed E-state index contributed by atoms with van der Waals surface area (Å²) in [4.78, 5) is 0. The lowest BCUT2D eigenvalue weighted by Gasteiger charge is -2.18. The molecule has 0 heterocycles. The second-order valence-electron chi connectivity index (χ2n) is 5.84. The van der Waals surface area contributed by atoms with Gasteiger partial charge in [-0.3, -0.25) is 0 Å². The summed E-state index contributed by atoms with van der Waals surface area (Å²) in [7, 11) is 2.86. The van der Waals surface area contributed by atoms with E-state index in [0.717, 1.165) is 0 Å². The third kappa shape index (κ3) is 4.68. The van der Waals surface area contributed by atoms with Crippen molar-refractivity contribution in [3.63, 3.8) is 0 Å². The first-order chi connectivity index (χ1) is 14.2. The predicted molar refractivity (Wildman–Crippen MR) is 116 cm³/mol. The monoisotopic (exact) mass is 490 g/mol. The number of aromatic hydroxyl groups is 2. The summed E-state index contributed by atoms with van der Waals surface area (Å²) < 4.78 is 22.5. The van der Waals surface area contributed by atoms with Gasteiger partial charge in [0.15, 0.2) is 23.0 Å². The SMILES string of the molecule is COc1cc(Oc2c(Cl)cc(O)cc2Cl)c(OC)c(Oc2c(Cl)cc(O)cc2Cl)c1. The molecule has 0 bridgehead atoms. The number of benzene rings is 3. The lowest BCUT2D eigenvalue weighted by Crippen LogP contribution is -1.97. The average Bonchev–Trinajstić information content (AvgIpc) is 2.67. The lowest BCUT2D eigenvalue weighted by molar-refractivity contribution is 0.345. The molecule has 3 aromatic rings. The van der Waals surface area contributed by atoms with Gasteiger partial charge >= 0.3 is 0 Å². The number of phenolic OH excluding ortho intramolecular Hbond substituents is 2. The fourth-order valence-corrected chi connectivity index (χ4v) is 3.64. The maximum absolute atomic E-state index is 9.62. The first-order valence-corrected chi connectivity index (χ1v) is 9.72. The summed E-state index contributed by atoms with van der Waals surface area (Å²) in [6, 6.07) is 8.19. The Hall–Kier alpha value is -2.38. The summed E-state index contributed by atoms with van der Waals surface area (Å²) in [5.74, 6) is 0.795. The summed E-state index contributed by atoms with van der Waals surface area (Å²) in [5, 5.41) is 19.6. The molecule has 0 unspecified atom stereocenters. The second-order valence-corrected chi connectivity index (χ2v) is 7.47. The van der Waals surface area contributed by atoms with Gasteiger partial charge in [-0.05, 0) is 0 Å². The number of hydrogen-bond acceptors (Lipinski definition) is 6. The Kier molecular flexibility index (Phi) is 6.83. The van der Waals surface area contributed by atoms with Gasteiger partial charge in [0.1, 0.15) is 17.2 Å². The van der Waals surface area contributed by atoms with E-state index in [4.69, 9.17) is 65.4 Å². The normalized spacial score (nSPS) is 10.6. The Morgan fingerprint density at radius 3 is 1.23 bits per heavy atom. The van der Waals surface area contributed by atoms with Crippen molar-refractivity contribution < 1.29 is 29.2 Å². The molecule has 30 heavy (non-hydrogen) atoms. The van der Waals surface area contributed by atoms with Crippen molar-refractivity contribution in [3.8, 4) is 46.0 Å². The smallest absolute Gasteiger partial charge is 0.204 e. The molecule has 0 amide bonds. The van der Waals surface area contributed by atoms with Gasteiger partial charge in [0.2, 0.25) is 5.75 Å². The van der Waals surface area contributed by atoms with Gasteiger partial charge in [0.25, 0.3) is 0 Å². The fourth-order valence-electron chi connectivity index (χ4n) is 2.53. The van der Waals surface area contributed by atoms with E-state index in [1.54, 1.807) is 0 Å². The number of rotatable bonds is 6. The molecule has 3 rings (SSSR count). The molecule has 0 atom stereocenters. The minimum Gasteiger partial charge on any atom is -0.508 e. The van der Waals surface area contributed by atoms with E-state index >= 15 is 0 Å². The second kappa shape index (κ2) is 9.18. The highest BCUT2D eigenvalue weighted by atomic mass is 35.5. The molecule has 158 valence electrons. The Morgan fingerprint density at radius 2 is 0.933 bits per heavy atom. The van der Waals surface area contributed by atoms with Crippen LogP contribution in [-0.2, 0) is 0 Å². The van der Waals surface area contributed by atoms with Crippen molar-refractivity contribution >= 4 is 46.4 Å². The highest BCUT2D eigenvalue weighted by molar-refractivity contribution is 6.38. The molecule has 2 N–H and O–H groups in total. The zero-order valence-corrected chi connectivity index (χ0v) is 18.5. The summed E-state index contributed by atoms with van der Waals surface area (Å²) in [5.41, 5.74) is 0. The Labute approximate surface area is 192 Å². The fraction of sp³-hybridized carbons (Fsp3) is 0.100. The topological polar surface area (TPSA) is 77.4 Å². The zero-order valence-electron chi connectivity index (χ0n) is 15.5. The van der Waals surface area contributed by atoms with Crippen LogP contribution in [0.4, 0.5) is 0 Å². The summed E-state index contributed by atoms with van der Waals surface area (Å²) in [6.45, 7) is 0. The number of methoxy groups -OCH3 is 2. The third-order valence-electron chi connectivity index (χ3n) is 3.82. The van der Waals surface area contributed by atoms with Crippen molar-refractivity contribution in [3.05, 3.63) is 56.5 Å². The van der Waals surface area contributed by atoms with Crippen LogP contribution < -0.4 is 18.9 Å². The molecule has 3 aromatic carbocycles. The molecular formula is C20H14Cl4O6. The standard InChI is InChI=1S/C20H14Cl4O6/c1-27-11-7-16(29-18-12(21)3-9(25)4-13(18)22)20(28-2)17(8-11)30-19-14(23)5-10(26)6-15(19)24/h3-8,25-26H,1-2H3. The number of hydrogen-bond donors (Lipinski definition) is 2. The molecule has 0 saturated carbocycles. The number of ether oxygens (including phenoxy) is 4. The van der Waals surface area contributed by atoms with Crippen molar-refractivity contribution in [2.24, 2.45) is 0 Å². The van der Waals surface area contributed by atoms with Crippen molar-refractivity contribution in [1.29, 1.82) is 0 Å². The van der Waals surface area contributed by atoms with Crippen LogP contribution in [0.1, 0.15) is 0 Å². The van der Waals surface area contributed by atoms with E-state index in [-0.39, 0.29) is 60.3 Å². The minimum absolute atomic E-state index is 0.0805. The van der Waals surface area contributed by atoms with Crippen LogP contribution in [0.15, 0.2) is 36.4 Å². The first kappa shape index (κ1) is 22.3. The van der Waals surface area contributed by atoms with Gasteiger partial charge < -0.3 is 29.2 Å². The third-order valence-corrected chi connectivity index (χ3v) is 4.95. The number of phenols is 2. The van der Waals surface area contributed by atoms with Crippen LogP contribution in [0.25, 0.3) is 0 Å². The Morgan fingerprint density at radius 1 is 0.567 bits per heavy atom. The molecule has 0 aliphatic heterocycles. The highest BCUT2D eigenvalue weighted by Gasteiger charge is 2.21. The van der Waals surface area contributed by atoms with Gasteiger partial charge in [-0.2, -0.15) is 0 Å². The lowest BCUT2D eigenvalue weighted by atomic mass is 10.2. The van der Waals surface area contributed by atoms with Crippen LogP contribution in [0.5, 0.6) is 46.0 Å². The number of halogens is 4. The molecule has 6 nitrogen and oxygen atoms in total. The molecule has 10 heteroatoms. The first-order valence-electron chi connectivity index (χ1n) is 8.21. The van der Waals surface area contributed by atoms with E-state index in [9.17, 15) is 10.2 Å². The van der Waals surface area contributed by atoms with E-state index in [1.807, 2.05) is 0 Å².